The smallest absolute Gasteiger partial charge is 0.131 e. The zero-order chi connectivity index (χ0) is 14.4. The molecule has 0 amide bonds. The minimum atomic E-state index is 0.769. The van der Waals surface area contributed by atoms with Crippen molar-refractivity contribution in [3.05, 3.63) is 30.0 Å². The number of aromatic amines is 1. The highest BCUT2D eigenvalue weighted by molar-refractivity contribution is 5.70. The monoisotopic (exact) mass is 275 g/mol. The van der Waals surface area contributed by atoms with Crippen molar-refractivity contribution in [1.29, 1.82) is 0 Å². The Hall–Kier alpha value is -2.01. The molecule has 0 spiro atoms. The van der Waals surface area contributed by atoms with E-state index in [9.17, 15) is 0 Å². The van der Waals surface area contributed by atoms with Gasteiger partial charge in [-0.15, -0.1) is 0 Å². The fourth-order valence-electron chi connectivity index (χ4n) is 2.08. The molecule has 108 valence electrons. The van der Waals surface area contributed by atoms with Crippen LogP contribution in [0.2, 0.25) is 0 Å². The van der Waals surface area contributed by atoms with Crippen LogP contribution < -0.4 is 14.8 Å². The standard InChI is InChI=1S/C15H21N3O2/c1-4-7-16-9-11-10-17-18-15(11)13-6-5-12(19-2)8-14(13)20-3/h5-6,8,10,16H,4,7,9H2,1-3H3,(H,17,18). The van der Waals surface area contributed by atoms with E-state index in [1.165, 1.54) is 0 Å². The molecule has 1 aromatic heterocycles. The topological polar surface area (TPSA) is 59.2 Å². The molecule has 0 radical (unpaired) electrons. The quantitative estimate of drug-likeness (QED) is 0.763. The second-order valence-electron chi connectivity index (χ2n) is 4.51. The first kappa shape index (κ1) is 14.4. The Kier molecular flexibility index (Phi) is 5.01. The zero-order valence-corrected chi connectivity index (χ0v) is 12.2. The van der Waals surface area contributed by atoms with Gasteiger partial charge in [0, 0.05) is 23.7 Å². The number of hydrogen-bond acceptors (Lipinski definition) is 4. The molecule has 0 aliphatic heterocycles. The van der Waals surface area contributed by atoms with Crippen molar-refractivity contribution < 1.29 is 9.47 Å². The van der Waals surface area contributed by atoms with E-state index in [1.54, 1.807) is 14.2 Å². The highest BCUT2D eigenvalue weighted by Crippen LogP contribution is 2.33. The summed E-state index contributed by atoms with van der Waals surface area (Å²) in [5.41, 5.74) is 3.09. The van der Waals surface area contributed by atoms with Crippen LogP contribution in [-0.2, 0) is 6.54 Å². The van der Waals surface area contributed by atoms with E-state index in [4.69, 9.17) is 9.47 Å². The first-order valence-electron chi connectivity index (χ1n) is 6.75. The van der Waals surface area contributed by atoms with E-state index in [-0.39, 0.29) is 0 Å². The molecule has 2 rings (SSSR count). The molecule has 0 aliphatic carbocycles. The fourth-order valence-corrected chi connectivity index (χ4v) is 2.08. The maximum Gasteiger partial charge on any atom is 0.131 e. The molecule has 1 heterocycles. The SMILES string of the molecule is CCCNCc1cn[nH]c1-c1ccc(OC)cc1OC. The summed E-state index contributed by atoms with van der Waals surface area (Å²) in [5.74, 6) is 1.54. The Morgan fingerprint density at radius 2 is 2.10 bits per heavy atom. The molecule has 1 aromatic carbocycles. The lowest BCUT2D eigenvalue weighted by Gasteiger charge is -2.11. The molecule has 5 nitrogen and oxygen atoms in total. The van der Waals surface area contributed by atoms with Crippen LogP contribution in [0, 0.1) is 0 Å². The van der Waals surface area contributed by atoms with Gasteiger partial charge in [0.2, 0.25) is 0 Å². The second-order valence-corrected chi connectivity index (χ2v) is 4.51. The van der Waals surface area contributed by atoms with Gasteiger partial charge in [0.05, 0.1) is 26.1 Å². The number of methoxy groups -OCH3 is 2. The average molecular weight is 275 g/mol. The molecule has 5 heteroatoms. The fraction of sp³-hybridized carbons (Fsp3) is 0.400. The summed E-state index contributed by atoms with van der Waals surface area (Å²) in [6, 6.07) is 5.77. The van der Waals surface area contributed by atoms with E-state index in [0.717, 1.165) is 47.8 Å². The Balaban J connectivity index is 2.29. The number of nitrogens with zero attached hydrogens (tertiary/aromatic N) is 1. The molecule has 2 aromatic rings. The van der Waals surface area contributed by atoms with Crippen LogP contribution in [0.5, 0.6) is 11.5 Å². The van der Waals surface area contributed by atoms with Gasteiger partial charge < -0.3 is 14.8 Å². The van der Waals surface area contributed by atoms with Crippen molar-refractivity contribution in [3.63, 3.8) is 0 Å². The highest BCUT2D eigenvalue weighted by atomic mass is 16.5. The lowest BCUT2D eigenvalue weighted by molar-refractivity contribution is 0.395. The predicted octanol–water partition coefficient (Wildman–Crippen LogP) is 2.59. The van der Waals surface area contributed by atoms with E-state index in [1.807, 2.05) is 24.4 Å². The maximum atomic E-state index is 5.44. The third-order valence-corrected chi connectivity index (χ3v) is 3.14. The normalized spacial score (nSPS) is 10.6. The molecule has 0 fully saturated rings. The third kappa shape index (κ3) is 3.11. The Bertz CT molecular complexity index is 552. The van der Waals surface area contributed by atoms with Crippen molar-refractivity contribution in [2.45, 2.75) is 19.9 Å². The van der Waals surface area contributed by atoms with E-state index >= 15 is 0 Å². The maximum absolute atomic E-state index is 5.44. The van der Waals surface area contributed by atoms with Gasteiger partial charge in [0.15, 0.2) is 0 Å². The summed E-state index contributed by atoms with van der Waals surface area (Å²) >= 11 is 0. The molecule has 2 N–H and O–H groups in total. The van der Waals surface area contributed by atoms with Gasteiger partial charge in [-0.25, -0.2) is 0 Å². The number of hydrogen-bond donors (Lipinski definition) is 2. The first-order valence-corrected chi connectivity index (χ1v) is 6.75. The van der Waals surface area contributed by atoms with E-state index in [0.29, 0.717) is 0 Å². The molecule has 0 atom stereocenters. The molecule has 0 bridgehead atoms. The minimum absolute atomic E-state index is 0.769. The summed E-state index contributed by atoms with van der Waals surface area (Å²) in [6.45, 7) is 3.93. The number of ether oxygens (including phenoxy) is 2. The van der Waals surface area contributed by atoms with Gasteiger partial charge in [0.25, 0.3) is 0 Å². The van der Waals surface area contributed by atoms with Gasteiger partial charge >= 0.3 is 0 Å². The van der Waals surface area contributed by atoms with E-state index in [2.05, 4.69) is 22.4 Å². The van der Waals surface area contributed by atoms with Crippen LogP contribution in [0.15, 0.2) is 24.4 Å². The number of H-pyrrole nitrogens is 1. The summed E-state index contributed by atoms with van der Waals surface area (Å²) in [7, 11) is 3.30. The number of rotatable bonds is 7. The molecule has 0 saturated heterocycles. The van der Waals surface area contributed by atoms with Crippen LogP contribution in [0.1, 0.15) is 18.9 Å². The summed E-state index contributed by atoms with van der Waals surface area (Å²) in [6.07, 6.45) is 2.96. The number of aromatic nitrogens is 2. The van der Waals surface area contributed by atoms with Gasteiger partial charge in [-0.1, -0.05) is 6.92 Å². The van der Waals surface area contributed by atoms with Gasteiger partial charge in [-0.2, -0.15) is 5.10 Å². The Morgan fingerprint density at radius 3 is 2.80 bits per heavy atom. The molecule has 0 aliphatic rings. The predicted molar refractivity (Wildman–Crippen MR) is 79.1 cm³/mol. The summed E-state index contributed by atoms with van der Waals surface area (Å²) < 4.78 is 10.7. The largest absolute Gasteiger partial charge is 0.497 e. The van der Waals surface area contributed by atoms with Gasteiger partial charge in [-0.05, 0) is 25.1 Å². The molecular formula is C15H21N3O2. The van der Waals surface area contributed by atoms with Crippen LogP contribution in [0.25, 0.3) is 11.3 Å². The first-order chi connectivity index (χ1) is 9.80. The van der Waals surface area contributed by atoms with Crippen LogP contribution in [-0.4, -0.2) is 31.0 Å². The average Bonchev–Trinajstić information content (AvgIpc) is 2.95. The molecule has 0 saturated carbocycles. The Labute approximate surface area is 119 Å². The van der Waals surface area contributed by atoms with Gasteiger partial charge in [0.1, 0.15) is 11.5 Å². The Morgan fingerprint density at radius 1 is 1.25 bits per heavy atom. The minimum Gasteiger partial charge on any atom is -0.497 e. The number of benzene rings is 1. The lowest BCUT2D eigenvalue weighted by atomic mass is 10.1. The van der Waals surface area contributed by atoms with Crippen molar-refractivity contribution in [1.82, 2.24) is 15.5 Å². The van der Waals surface area contributed by atoms with Crippen LogP contribution >= 0.6 is 0 Å². The summed E-state index contributed by atoms with van der Waals surface area (Å²) in [4.78, 5) is 0. The highest BCUT2D eigenvalue weighted by Gasteiger charge is 2.13. The molecular weight excluding hydrogens is 254 g/mol. The zero-order valence-electron chi connectivity index (χ0n) is 12.2. The van der Waals surface area contributed by atoms with Crippen molar-refractivity contribution in [2.24, 2.45) is 0 Å². The van der Waals surface area contributed by atoms with Crippen molar-refractivity contribution in [3.8, 4) is 22.8 Å². The third-order valence-electron chi connectivity index (χ3n) is 3.14. The van der Waals surface area contributed by atoms with E-state index < -0.39 is 0 Å². The number of nitrogens with one attached hydrogen (secondary N) is 2. The van der Waals surface area contributed by atoms with Crippen molar-refractivity contribution in [2.75, 3.05) is 20.8 Å². The van der Waals surface area contributed by atoms with Crippen molar-refractivity contribution >= 4 is 0 Å². The second kappa shape index (κ2) is 6.96. The molecule has 0 unspecified atom stereocenters. The van der Waals surface area contributed by atoms with Crippen LogP contribution in [0.4, 0.5) is 0 Å². The lowest BCUT2D eigenvalue weighted by Crippen LogP contribution is -2.13. The molecule has 20 heavy (non-hydrogen) atoms. The van der Waals surface area contributed by atoms with Gasteiger partial charge in [-0.3, -0.25) is 5.10 Å². The summed E-state index contributed by atoms with van der Waals surface area (Å²) in [5, 5.41) is 10.6. The van der Waals surface area contributed by atoms with Crippen LogP contribution in [0.3, 0.4) is 0 Å².